The molecular formula is C20H21NOS. The van der Waals surface area contributed by atoms with Crippen molar-refractivity contribution in [2.24, 2.45) is 0 Å². The van der Waals surface area contributed by atoms with Crippen LogP contribution in [0.3, 0.4) is 0 Å². The van der Waals surface area contributed by atoms with Crippen LogP contribution in [0, 0.1) is 0 Å². The highest BCUT2D eigenvalue weighted by Crippen LogP contribution is 2.41. The van der Waals surface area contributed by atoms with E-state index in [1.54, 1.807) is 11.3 Å². The van der Waals surface area contributed by atoms with Gasteiger partial charge < -0.3 is 5.11 Å². The molecule has 0 aliphatic carbocycles. The molecule has 23 heavy (non-hydrogen) atoms. The minimum absolute atomic E-state index is 0.154. The summed E-state index contributed by atoms with van der Waals surface area (Å²) in [5.41, 5.74) is 1.06. The zero-order valence-corrected chi connectivity index (χ0v) is 13.9. The fourth-order valence-electron chi connectivity index (χ4n) is 3.70. The lowest BCUT2D eigenvalue weighted by Crippen LogP contribution is -2.34. The second-order valence-corrected chi connectivity index (χ2v) is 7.21. The van der Waals surface area contributed by atoms with Crippen molar-refractivity contribution in [3.63, 3.8) is 0 Å². The van der Waals surface area contributed by atoms with Crippen LogP contribution in [0.4, 0.5) is 0 Å². The molecule has 1 unspecified atom stereocenters. The van der Waals surface area contributed by atoms with Crippen molar-refractivity contribution in [2.45, 2.75) is 25.3 Å². The van der Waals surface area contributed by atoms with Crippen molar-refractivity contribution in [3.8, 4) is 5.75 Å². The van der Waals surface area contributed by atoms with Crippen LogP contribution in [0.1, 0.15) is 35.7 Å². The molecule has 1 aliphatic rings. The Morgan fingerprint density at radius 3 is 2.52 bits per heavy atom. The molecule has 2 heterocycles. The molecule has 3 heteroatoms. The Morgan fingerprint density at radius 2 is 1.74 bits per heavy atom. The largest absolute Gasteiger partial charge is 0.508 e. The number of rotatable bonds is 3. The predicted octanol–water partition coefficient (Wildman–Crippen LogP) is 5.18. The van der Waals surface area contributed by atoms with Gasteiger partial charge in [0, 0.05) is 10.4 Å². The van der Waals surface area contributed by atoms with Crippen LogP contribution in [-0.2, 0) is 0 Å². The van der Waals surface area contributed by atoms with Crippen LogP contribution in [-0.4, -0.2) is 23.1 Å². The lowest BCUT2D eigenvalue weighted by Gasteiger charge is -2.35. The number of phenols is 1. The highest BCUT2D eigenvalue weighted by molar-refractivity contribution is 7.10. The summed E-state index contributed by atoms with van der Waals surface area (Å²) in [6.07, 6.45) is 3.80. The molecular weight excluding hydrogens is 302 g/mol. The van der Waals surface area contributed by atoms with Crippen LogP contribution in [0.15, 0.2) is 53.9 Å². The molecule has 1 saturated heterocycles. The van der Waals surface area contributed by atoms with Gasteiger partial charge >= 0.3 is 0 Å². The summed E-state index contributed by atoms with van der Waals surface area (Å²) in [6, 6.07) is 16.7. The number of phenolic OH excluding ortho intramolecular Hbond substituents is 1. The second-order valence-electron chi connectivity index (χ2n) is 6.23. The van der Waals surface area contributed by atoms with E-state index in [1.165, 1.54) is 29.5 Å². The molecule has 0 amide bonds. The van der Waals surface area contributed by atoms with Gasteiger partial charge in [-0.05, 0) is 54.2 Å². The van der Waals surface area contributed by atoms with Crippen LogP contribution in [0.5, 0.6) is 5.75 Å². The van der Waals surface area contributed by atoms with Crippen molar-refractivity contribution < 1.29 is 5.11 Å². The molecule has 2 nitrogen and oxygen atoms in total. The first kappa shape index (κ1) is 14.7. The normalized spacial score (nSPS) is 17.4. The molecule has 3 aromatic rings. The van der Waals surface area contributed by atoms with E-state index in [1.807, 2.05) is 12.1 Å². The van der Waals surface area contributed by atoms with Crippen molar-refractivity contribution in [1.29, 1.82) is 0 Å². The van der Waals surface area contributed by atoms with Gasteiger partial charge in [0.15, 0.2) is 0 Å². The van der Waals surface area contributed by atoms with Gasteiger partial charge in [0.1, 0.15) is 5.75 Å². The molecule has 1 N–H and O–H groups in total. The molecule has 1 atom stereocenters. The number of hydrogen-bond donors (Lipinski definition) is 1. The van der Waals surface area contributed by atoms with Gasteiger partial charge in [0.2, 0.25) is 0 Å². The second kappa shape index (κ2) is 6.34. The summed E-state index contributed by atoms with van der Waals surface area (Å²) in [5.74, 6) is 0.410. The summed E-state index contributed by atoms with van der Waals surface area (Å²) >= 11 is 1.78. The number of nitrogens with zero attached hydrogens (tertiary/aromatic N) is 1. The quantitative estimate of drug-likeness (QED) is 0.717. The van der Waals surface area contributed by atoms with Gasteiger partial charge in [-0.1, -0.05) is 42.8 Å². The zero-order chi connectivity index (χ0) is 15.6. The molecule has 1 aromatic heterocycles. The first-order chi connectivity index (χ1) is 11.3. The van der Waals surface area contributed by atoms with Gasteiger partial charge in [-0.15, -0.1) is 11.3 Å². The van der Waals surface area contributed by atoms with Crippen molar-refractivity contribution in [3.05, 3.63) is 64.4 Å². The summed E-state index contributed by atoms with van der Waals surface area (Å²) in [5, 5.41) is 15.2. The van der Waals surface area contributed by atoms with E-state index < -0.39 is 0 Å². The van der Waals surface area contributed by atoms with E-state index in [0.717, 1.165) is 24.0 Å². The average Bonchev–Trinajstić information content (AvgIpc) is 3.12. The van der Waals surface area contributed by atoms with Crippen LogP contribution in [0.2, 0.25) is 0 Å². The maximum atomic E-state index is 10.7. The van der Waals surface area contributed by atoms with E-state index in [0.29, 0.717) is 5.75 Å². The minimum atomic E-state index is 0.154. The van der Waals surface area contributed by atoms with Crippen molar-refractivity contribution in [1.82, 2.24) is 4.90 Å². The molecule has 4 rings (SSSR count). The number of hydrogen-bond acceptors (Lipinski definition) is 3. The molecule has 0 saturated carbocycles. The van der Waals surface area contributed by atoms with Gasteiger partial charge in [0.05, 0.1) is 6.04 Å². The van der Waals surface area contributed by atoms with Gasteiger partial charge in [-0.2, -0.15) is 0 Å². The first-order valence-corrected chi connectivity index (χ1v) is 9.20. The fourth-order valence-corrected chi connectivity index (χ4v) is 4.57. The van der Waals surface area contributed by atoms with Crippen molar-refractivity contribution >= 4 is 22.1 Å². The Hall–Kier alpha value is -1.84. The standard InChI is InChI=1S/C20H21NOS/c22-17-11-10-15-7-2-3-8-16(15)19(17)20(18-9-6-14-23-18)21-12-4-1-5-13-21/h2-3,6-11,14,20,22H,1,4-5,12-13H2. The predicted molar refractivity (Wildman–Crippen MR) is 97.2 cm³/mol. The number of piperidine rings is 1. The lowest BCUT2D eigenvalue weighted by atomic mass is 9.94. The number of thiophene rings is 1. The maximum Gasteiger partial charge on any atom is 0.121 e. The Bertz CT molecular complexity index is 791. The molecule has 2 aromatic carbocycles. The third kappa shape index (κ3) is 2.75. The van der Waals surface area contributed by atoms with E-state index in [9.17, 15) is 5.11 Å². The Labute approximate surface area is 141 Å². The smallest absolute Gasteiger partial charge is 0.121 e. The fraction of sp³-hybridized carbons (Fsp3) is 0.300. The number of fused-ring (bicyclic) bond motifs is 1. The van der Waals surface area contributed by atoms with Gasteiger partial charge in [0.25, 0.3) is 0 Å². The third-order valence-electron chi connectivity index (χ3n) is 4.79. The van der Waals surface area contributed by atoms with Gasteiger partial charge in [-0.3, -0.25) is 4.90 Å². The summed E-state index contributed by atoms with van der Waals surface area (Å²) in [4.78, 5) is 3.86. The summed E-state index contributed by atoms with van der Waals surface area (Å²) in [6.45, 7) is 2.20. The highest BCUT2D eigenvalue weighted by atomic mass is 32.1. The van der Waals surface area contributed by atoms with Crippen LogP contribution < -0.4 is 0 Å². The third-order valence-corrected chi connectivity index (χ3v) is 5.71. The monoisotopic (exact) mass is 323 g/mol. The average molecular weight is 323 g/mol. The Morgan fingerprint density at radius 1 is 0.913 bits per heavy atom. The zero-order valence-electron chi connectivity index (χ0n) is 13.1. The number of aromatic hydroxyl groups is 1. The Balaban J connectivity index is 1.91. The van der Waals surface area contributed by atoms with Crippen LogP contribution in [0.25, 0.3) is 10.8 Å². The summed E-state index contributed by atoms with van der Waals surface area (Å²) in [7, 11) is 0. The number of likely N-dealkylation sites (tertiary alicyclic amines) is 1. The van der Waals surface area contributed by atoms with E-state index >= 15 is 0 Å². The molecule has 0 bridgehead atoms. The molecule has 1 fully saturated rings. The van der Waals surface area contributed by atoms with E-state index in [-0.39, 0.29) is 6.04 Å². The van der Waals surface area contributed by atoms with Gasteiger partial charge in [-0.25, -0.2) is 0 Å². The molecule has 1 aliphatic heterocycles. The van der Waals surface area contributed by atoms with Crippen LogP contribution >= 0.6 is 11.3 Å². The minimum Gasteiger partial charge on any atom is -0.508 e. The first-order valence-electron chi connectivity index (χ1n) is 8.32. The Kier molecular flexibility index (Phi) is 4.06. The maximum absolute atomic E-state index is 10.7. The van der Waals surface area contributed by atoms with E-state index in [4.69, 9.17) is 0 Å². The summed E-state index contributed by atoms with van der Waals surface area (Å²) < 4.78 is 0. The van der Waals surface area contributed by atoms with Crippen molar-refractivity contribution in [2.75, 3.05) is 13.1 Å². The molecule has 0 radical (unpaired) electrons. The van der Waals surface area contributed by atoms with E-state index in [2.05, 4.69) is 46.7 Å². The highest BCUT2D eigenvalue weighted by Gasteiger charge is 2.28. The molecule has 0 spiro atoms. The number of benzene rings is 2. The SMILES string of the molecule is Oc1ccc2ccccc2c1C(c1cccs1)N1CCCCC1. The topological polar surface area (TPSA) is 23.5 Å². The lowest BCUT2D eigenvalue weighted by molar-refractivity contribution is 0.188. The molecule has 118 valence electrons.